The minimum Gasteiger partial charge on any atom is -0.319 e. The molecule has 0 aromatic heterocycles. The topological polar surface area (TPSA) is 29.1 Å². The van der Waals surface area contributed by atoms with Crippen LogP contribution in [0.4, 0.5) is 10.1 Å². The van der Waals surface area contributed by atoms with E-state index in [-0.39, 0.29) is 11.6 Å². The predicted molar refractivity (Wildman–Crippen MR) is 80.5 cm³/mol. The smallest absolute Gasteiger partial charge is 0.256 e. The van der Waals surface area contributed by atoms with Gasteiger partial charge in [0.2, 0.25) is 0 Å². The van der Waals surface area contributed by atoms with Crippen molar-refractivity contribution >= 4 is 40.2 Å². The zero-order valence-electron chi connectivity index (χ0n) is 10.1. The summed E-state index contributed by atoms with van der Waals surface area (Å²) >= 11 is 7.47. The molecule has 2 aromatic carbocycles. The number of amides is 1. The van der Waals surface area contributed by atoms with Gasteiger partial charge in [0.25, 0.3) is 5.91 Å². The van der Waals surface area contributed by atoms with Gasteiger partial charge in [0.05, 0.1) is 11.3 Å². The van der Waals surface area contributed by atoms with Crippen LogP contribution in [0.2, 0.25) is 0 Å². The quantitative estimate of drug-likeness (QED) is 0.778. The van der Waals surface area contributed by atoms with Gasteiger partial charge in [-0.3, -0.25) is 4.79 Å². The molecule has 0 aliphatic rings. The number of carbonyl (C=O) groups is 1. The van der Waals surface area contributed by atoms with Crippen molar-refractivity contribution in [3.05, 3.63) is 57.8 Å². The van der Waals surface area contributed by atoms with Gasteiger partial charge in [-0.15, -0.1) is 12.6 Å². The molecule has 1 amide bonds. The van der Waals surface area contributed by atoms with Crippen molar-refractivity contribution in [3.8, 4) is 0 Å². The Kier molecular flexibility index (Phi) is 4.27. The number of carbonyl (C=O) groups excluding carboxylic acids is 1. The maximum Gasteiger partial charge on any atom is 0.256 e. The summed E-state index contributed by atoms with van der Waals surface area (Å²) in [6.45, 7) is 1.79. The van der Waals surface area contributed by atoms with Gasteiger partial charge < -0.3 is 5.32 Å². The lowest BCUT2D eigenvalue weighted by atomic mass is 10.2. The minimum atomic E-state index is -0.452. The summed E-state index contributed by atoms with van der Waals surface area (Å²) in [5.41, 5.74) is 1.37. The van der Waals surface area contributed by atoms with Gasteiger partial charge in [-0.1, -0.05) is 6.07 Å². The lowest BCUT2D eigenvalue weighted by Gasteiger charge is -2.09. The summed E-state index contributed by atoms with van der Waals surface area (Å²) in [4.78, 5) is 12.7. The standard InChI is InChI=1S/C14H11BrFNOS/c1-8-2-5-13(12(16)6-8)17-14(18)10-7-9(19)3-4-11(10)15/h2-7,19H,1H3,(H,17,18). The molecule has 0 aliphatic carbocycles. The van der Waals surface area contributed by atoms with Gasteiger partial charge in [0, 0.05) is 9.37 Å². The maximum atomic E-state index is 13.7. The molecule has 0 radical (unpaired) electrons. The first-order chi connectivity index (χ1) is 8.97. The predicted octanol–water partition coefficient (Wildman–Crippen LogP) is 4.44. The lowest BCUT2D eigenvalue weighted by Crippen LogP contribution is -2.13. The molecule has 0 spiro atoms. The molecule has 0 heterocycles. The van der Waals surface area contributed by atoms with Crippen molar-refractivity contribution < 1.29 is 9.18 Å². The first-order valence-electron chi connectivity index (χ1n) is 5.53. The molecule has 2 nitrogen and oxygen atoms in total. The minimum absolute atomic E-state index is 0.159. The molecule has 0 saturated carbocycles. The van der Waals surface area contributed by atoms with Crippen LogP contribution in [0.1, 0.15) is 15.9 Å². The molecule has 98 valence electrons. The molecular formula is C14H11BrFNOS. The highest BCUT2D eigenvalue weighted by molar-refractivity contribution is 9.10. The average Bonchev–Trinajstić information content (AvgIpc) is 2.35. The Morgan fingerprint density at radius 1 is 1.26 bits per heavy atom. The summed E-state index contributed by atoms with van der Waals surface area (Å²) in [7, 11) is 0. The highest BCUT2D eigenvalue weighted by atomic mass is 79.9. The number of hydrogen-bond acceptors (Lipinski definition) is 2. The third-order valence-electron chi connectivity index (χ3n) is 2.57. The SMILES string of the molecule is Cc1ccc(NC(=O)c2cc(S)ccc2Br)c(F)c1. The molecule has 0 atom stereocenters. The van der Waals surface area contributed by atoms with E-state index >= 15 is 0 Å². The van der Waals surface area contributed by atoms with Gasteiger partial charge in [0.15, 0.2) is 0 Å². The van der Waals surface area contributed by atoms with Crippen molar-refractivity contribution in [2.75, 3.05) is 5.32 Å². The number of hydrogen-bond donors (Lipinski definition) is 2. The fourth-order valence-corrected chi connectivity index (χ4v) is 2.23. The number of rotatable bonds is 2. The number of nitrogens with one attached hydrogen (secondary N) is 1. The average molecular weight is 340 g/mol. The van der Waals surface area contributed by atoms with Gasteiger partial charge in [-0.2, -0.15) is 0 Å². The van der Waals surface area contributed by atoms with Crippen molar-refractivity contribution in [1.82, 2.24) is 0 Å². The molecule has 1 N–H and O–H groups in total. The van der Waals surface area contributed by atoms with Crippen LogP contribution in [0.15, 0.2) is 45.8 Å². The van der Waals surface area contributed by atoms with E-state index in [2.05, 4.69) is 33.9 Å². The number of benzene rings is 2. The highest BCUT2D eigenvalue weighted by Gasteiger charge is 2.12. The van der Waals surface area contributed by atoms with E-state index in [1.165, 1.54) is 6.07 Å². The summed E-state index contributed by atoms with van der Waals surface area (Å²) in [5.74, 6) is -0.836. The summed E-state index contributed by atoms with van der Waals surface area (Å²) in [5, 5.41) is 2.54. The molecule has 19 heavy (non-hydrogen) atoms. The first kappa shape index (κ1) is 14.1. The van der Waals surface area contributed by atoms with Crippen LogP contribution < -0.4 is 5.32 Å². The van der Waals surface area contributed by atoms with E-state index in [0.29, 0.717) is 14.9 Å². The molecule has 0 bridgehead atoms. The maximum absolute atomic E-state index is 13.7. The van der Waals surface area contributed by atoms with E-state index in [4.69, 9.17) is 0 Å². The molecule has 2 rings (SSSR count). The Bertz CT molecular complexity index is 645. The van der Waals surface area contributed by atoms with Crippen molar-refractivity contribution in [2.24, 2.45) is 0 Å². The second kappa shape index (κ2) is 5.75. The Balaban J connectivity index is 2.28. The van der Waals surface area contributed by atoms with Crippen molar-refractivity contribution in [3.63, 3.8) is 0 Å². The molecule has 0 aliphatic heterocycles. The number of thiol groups is 1. The van der Waals surface area contributed by atoms with Gasteiger partial charge >= 0.3 is 0 Å². The van der Waals surface area contributed by atoms with Gasteiger partial charge in [0.1, 0.15) is 5.82 Å². The fourth-order valence-electron chi connectivity index (χ4n) is 1.60. The van der Waals surface area contributed by atoms with Crippen LogP contribution in [0.3, 0.4) is 0 Å². The number of halogens is 2. The Labute approximate surface area is 124 Å². The van der Waals surface area contributed by atoms with E-state index < -0.39 is 5.82 Å². The van der Waals surface area contributed by atoms with Crippen LogP contribution >= 0.6 is 28.6 Å². The highest BCUT2D eigenvalue weighted by Crippen LogP contribution is 2.22. The Morgan fingerprint density at radius 3 is 2.68 bits per heavy atom. The summed E-state index contributed by atoms with van der Waals surface area (Å²) < 4.78 is 14.3. The zero-order chi connectivity index (χ0) is 14.0. The lowest BCUT2D eigenvalue weighted by molar-refractivity contribution is 0.102. The van der Waals surface area contributed by atoms with Crippen LogP contribution in [0, 0.1) is 12.7 Å². The van der Waals surface area contributed by atoms with E-state index in [1.807, 2.05) is 0 Å². The third-order valence-corrected chi connectivity index (χ3v) is 3.54. The number of aryl methyl sites for hydroxylation is 1. The van der Waals surface area contributed by atoms with E-state index in [9.17, 15) is 9.18 Å². The molecule has 0 saturated heterocycles. The van der Waals surface area contributed by atoms with Crippen LogP contribution in [0.5, 0.6) is 0 Å². The second-order valence-corrected chi connectivity index (χ2v) is 5.47. The molecule has 0 fully saturated rings. The third kappa shape index (κ3) is 3.36. The molecular weight excluding hydrogens is 329 g/mol. The van der Waals surface area contributed by atoms with Gasteiger partial charge in [-0.25, -0.2) is 4.39 Å². The number of anilines is 1. The fraction of sp³-hybridized carbons (Fsp3) is 0.0714. The molecule has 0 unspecified atom stereocenters. The monoisotopic (exact) mass is 339 g/mol. The van der Waals surface area contributed by atoms with Crippen LogP contribution in [0.25, 0.3) is 0 Å². The zero-order valence-corrected chi connectivity index (χ0v) is 12.6. The largest absolute Gasteiger partial charge is 0.319 e. The Morgan fingerprint density at radius 2 is 2.00 bits per heavy atom. The second-order valence-electron chi connectivity index (χ2n) is 4.10. The van der Waals surface area contributed by atoms with E-state index in [0.717, 1.165) is 5.56 Å². The van der Waals surface area contributed by atoms with Gasteiger partial charge in [-0.05, 0) is 58.7 Å². The van der Waals surface area contributed by atoms with Crippen molar-refractivity contribution in [1.29, 1.82) is 0 Å². The molecule has 5 heteroatoms. The first-order valence-corrected chi connectivity index (χ1v) is 6.77. The van der Waals surface area contributed by atoms with Crippen molar-refractivity contribution in [2.45, 2.75) is 11.8 Å². The summed E-state index contributed by atoms with van der Waals surface area (Å²) in [6.07, 6.45) is 0. The Hall–Kier alpha value is -1.33. The van der Waals surface area contributed by atoms with Crippen LogP contribution in [-0.4, -0.2) is 5.91 Å². The summed E-state index contributed by atoms with van der Waals surface area (Å²) in [6, 6.07) is 9.76. The van der Waals surface area contributed by atoms with Crippen LogP contribution in [-0.2, 0) is 0 Å². The molecule has 2 aromatic rings. The normalized spacial score (nSPS) is 10.3. The van der Waals surface area contributed by atoms with E-state index in [1.54, 1.807) is 37.3 Å².